The number of nitrogens with one attached hydrogen (secondary N) is 1. The lowest BCUT2D eigenvalue weighted by Gasteiger charge is -2.02. The summed E-state index contributed by atoms with van der Waals surface area (Å²) in [7, 11) is 0. The molecule has 1 N–H and O–H groups in total. The highest BCUT2D eigenvalue weighted by Crippen LogP contribution is 2.12. The van der Waals surface area contributed by atoms with E-state index in [4.69, 9.17) is 0 Å². The zero-order valence-electron chi connectivity index (χ0n) is 12.4. The molecule has 3 heteroatoms. The number of halogens is 1. The molecule has 0 fully saturated rings. The van der Waals surface area contributed by atoms with Crippen molar-refractivity contribution in [3.8, 4) is 0 Å². The van der Waals surface area contributed by atoms with Crippen molar-refractivity contribution in [1.82, 2.24) is 9.97 Å². The molecule has 0 aliphatic carbocycles. The van der Waals surface area contributed by atoms with E-state index in [0.717, 1.165) is 16.8 Å². The molecule has 2 nitrogen and oxygen atoms in total. The molecular weight excluding hydrogens is 300 g/mol. The topological polar surface area (TPSA) is 28.7 Å². The van der Waals surface area contributed by atoms with Gasteiger partial charge in [-0.25, -0.2) is 4.98 Å². The minimum Gasteiger partial charge on any atom is -0.337 e. The van der Waals surface area contributed by atoms with Gasteiger partial charge in [0.2, 0.25) is 0 Å². The lowest BCUT2D eigenvalue weighted by atomic mass is 10.1. The molecule has 0 spiro atoms. The highest BCUT2D eigenvalue weighted by atomic mass is 79.9. The summed E-state index contributed by atoms with van der Waals surface area (Å²) in [5.74, 6) is 1.11. The molecule has 1 aromatic rings. The van der Waals surface area contributed by atoms with Gasteiger partial charge in [0.15, 0.2) is 0 Å². The molecule has 0 bridgehead atoms. The maximum atomic E-state index is 4.30. The van der Waals surface area contributed by atoms with Crippen molar-refractivity contribution >= 4 is 15.9 Å². The zero-order chi connectivity index (χ0) is 13.8. The molecule has 1 rings (SSSR count). The number of aromatic nitrogens is 2. The molecule has 0 aliphatic rings. The van der Waals surface area contributed by atoms with Gasteiger partial charge in [0.05, 0.1) is 6.20 Å². The summed E-state index contributed by atoms with van der Waals surface area (Å²) in [6.45, 7) is 2.28. The van der Waals surface area contributed by atoms with Crippen LogP contribution >= 0.6 is 15.9 Å². The van der Waals surface area contributed by atoms with Crippen LogP contribution in [-0.2, 0) is 6.42 Å². The third kappa shape index (κ3) is 9.26. The normalized spacial score (nSPS) is 11.1. The van der Waals surface area contributed by atoms with Crippen molar-refractivity contribution in [1.29, 1.82) is 0 Å². The van der Waals surface area contributed by atoms with Crippen LogP contribution in [0.4, 0.5) is 0 Å². The summed E-state index contributed by atoms with van der Waals surface area (Å²) in [6, 6.07) is 0. The number of unbranched alkanes of at least 4 members (excludes halogenated alkanes) is 10. The van der Waals surface area contributed by atoms with Gasteiger partial charge in [-0.3, -0.25) is 0 Å². The minimum absolute atomic E-state index is 0.991. The highest BCUT2D eigenvalue weighted by molar-refractivity contribution is 9.10. The highest BCUT2D eigenvalue weighted by Gasteiger charge is 1.98. The van der Waals surface area contributed by atoms with Crippen LogP contribution in [0, 0.1) is 0 Å². The lowest BCUT2D eigenvalue weighted by molar-refractivity contribution is 0.548. The summed E-state index contributed by atoms with van der Waals surface area (Å²) in [6.07, 6.45) is 18.3. The van der Waals surface area contributed by atoms with E-state index in [9.17, 15) is 0 Å². The van der Waals surface area contributed by atoms with Gasteiger partial charge in [0.25, 0.3) is 0 Å². The van der Waals surface area contributed by atoms with E-state index in [1.54, 1.807) is 0 Å². The number of aromatic amines is 1. The minimum atomic E-state index is 0.991. The van der Waals surface area contributed by atoms with E-state index in [2.05, 4.69) is 32.8 Å². The Bertz CT molecular complexity index is 309. The maximum Gasteiger partial charge on any atom is 0.106 e. The predicted octanol–water partition coefficient (Wildman–Crippen LogP) is 6.03. The molecule has 0 aliphatic heterocycles. The molecule has 19 heavy (non-hydrogen) atoms. The summed E-state index contributed by atoms with van der Waals surface area (Å²) in [4.78, 5) is 7.51. The Kier molecular flexibility index (Phi) is 10.1. The predicted molar refractivity (Wildman–Crippen MR) is 86.5 cm³/mol. The van der Waals surface area contributed by atoms with E-state index in [1.807, 2.05) is 6.20 Å². The monoisotopic (exact) mass is 328 g/mol. The molecule has 0 amide bonds. The zero-order valence-corrected chi connectivity index (χ0v) is 14.0. The first-order valence-corrected chi connectivity index (χ1v) is 8.81. The number of imidazole rings is 1. The van der Waals surface area contributed by atoms with Gasteiger partial charge >= 0.3 is 0 Å². The molecule has 0 unspecified atom stereocenters. The van der Waals surface area contributed by atoms with Gasteiger partial charge in [-0.05, 0) is 22.4 Å². The van der Waals surface area contributed by atoms with Crippen LogP contribution in [0.15, 0.2) is 10.8 Å². The Balaban J connectivity index is 1.79. The van der Waals surface area contributed by atoms with E-state index in [-0.39, 0.29) is 0 Å². The molecule has 110 valence electrons. The second-order valence-corrected chi connectivity index (χ2v) is 6.32. The van der Waals surface area contributed by atoms with Crippen LogP contribution in [0.5, 0.6) is 0 Å². The summed E-state index contributed by atoms with van der Waals surface area (Å²) in [5.41, 5.74) is 0. The second-order valence-electron chi connectivity index (χ2n) is 5.46. The van der Waals surface area contributed by atoms with Gasteiger partial charge in [0.1, 0.15) is 10.4 Å². The van der Waals surface area contributed by atoms with E-state index >= 15 is 0 Å². The number of rotatable bonds is 12. The molecule has 0 aromatic carbocycles. The number of aryl methyl sites for hydroxylation is 1. The van der Waals surface area contributed by atoms with Crippen molar-refractivity contribution in [3.63, 3.8) is 0 Å². The fourth-order valence-electron chi connectivity index (χ4n) is 2.42. The first-order valence-electron chi connectivity index (χ1n) is 8.02. The average molecular weight is 329 g/mol. The molecular formula is C16H29BrN2. The molecule has 0 saturated heterocycles. The Morgan fingerprint density at radius 1 is 0.895 bits per heavy atom. The van der Waals surface area contributed by atoms with Crippen molar-refractivity contribution in [3.05, 3.63) is 16.6 Å². The van der Waals surface area contributed by atoms with Gasteiger partial charge in [-0.15, -0.1) is 0 Å². The van der Waals surface area contributed by atoms with Crippen LogP contribution in [0.2, 0.25) is 0 Å². The Morgan fingerprint density at radius 2 is 1.42 bits per heavy atom. The van der Waals surface area contributed by atoms with Gasteiger partial charge in [0, 0.05) is 6.42 Å². The SMILES string of the molecule is CCCCCCCCCCCCCc1ncc(Br)[nH]1. The average Bonchev–Trinajstić information content (AvgIpc) is 2.82. The fourth-order valence-corrected chi connectivity index (χ4v) is 2.75. The van der Waals surface area contributed by atoms with Crippen molar-refractivity contribution in [2.24, 2.45) is 0 Å². The molecule has 0 atom stereocenters. The van der Waals surface area contributed by atoms with Crippen LogP contribution in [0.25, 0.3) is 0 Å². The second kappa shape index (κ2) is 11.5. The first-order chi connectivity index (χ1) is 9.33. The van der Waals surface area contributed by atoms with Gasteiger partial charge < -0.3 is 4.98 Å². The molecule has 1 aromatic heterocycles. The lowest BCUT2D eigenvalue weighted by Crippen LogP contribution is -1.88. The molecule has 0 saturated carbocycles. The van der Waals surface area contributed by atoms with Crippen LogP contribution < -0.4 is 0 Å². The Hall–Kier alpha value is -0.310. The third-order valence-electron chi connectivity index (χ3n) is 3.61. The fraction of sp³-hybridized carbons (Fsp3) is 0.812. The largest absolute Gasteiger partial charge is 0.337 e. The molecule has 0 radical (unpaired) electrons. The standard InChI is InChI=1S/C16H29BrN2/c1-2-3-4-5-6-7-8-9-10-11-12-13-16-18-14-15(17)19-16/h14H,2-13H2,1H3,(H,18,19). The van der Waals surface area contributed by atoms with Crippen molar-refractivity contribution in [2.75, 3.05) is 0 Å². The van der Waals surface area contributed by atoms with Crippen LogP contribution in [-0.4, -0.2) is 9.97 Å². The summed E-state index contributed by atoms with van der Waals surface area (Å²) < 4.78 is 0.991. The first kappa shape index (κ1) is 16.7. The number of hydrogen-bond acceptors (Lipinski definition) is 1. The number of hydrogen-bond donors (Lipinski definition) is 1. The third-order valence-corrected chi connectivity index (χ3v) is 4.02. The van der Waals surface area contributed by atoms with E-state index in [1.165, 1.54) is 70.6 Å². The summed E-state index contributed by atoms with van der Waals surface area (Å²) >= 11 is 3.39. The smallest absolute Gasteiger partial charge is 0.106 e. The van der Waals surface area contributed by atoms with E-state index < -0.39 is 0 Å². The van der Waals surface area contributed by atoms with Crippen LogP contribution in [0.3, 0.4) is 0 Å². The Morgan fingerprint density at radius 3 is 1.89 bits per heavy atom. The van der Waals surface area contributed by atoms with Gasteiger partial charge in [-0.1, -0.05) is 71.1 Å². The quantitative estimate of drug-likeness (QED) is 0.466. The maximum absolute atomic E-state index is 4.30. The molecule has 1 heterocycles. The van der Waals surface area contributed by atoms with Crippen LogP contribution in [0.1, 0.15) is 83.4 Å². The van der Waals surface area contributed by atoms with Gasteiger partial charge in [-0.2, -0.15) is 0 Å². The number of H-pyrrole nitrogens is 1. The number of nitrogens with zero attached hydrogens (tertiary/aromatic N) is 1. The van der Waals surface area contributed by atoms with E-state index in [0.29, 0.717) is 0 Å². The Labute approximate surface area is 126 Å². The summed E-state index contributed by atoms with van der Waals surface area (Å²) in [5, 5.41) is 0. The van der Waals surface area contributed by atoms with Crippen molar-refractivity contribution in [2.45, 2.75) is 84.0 Å². The van der Waals surface area contributed by atoms with Crippen molar-refractivity contribution < 1.29 is 0 Å².